The lowest BCUT2D eigenvalue weighted by Gasteiger charge is -2.37. The van der Waals surface area contributed by atoms with Crippen molar-refractivity contribution < 1.29 is 9.47 Å². The summed E-state index contributed by atoms with van der Waals surface area (Å²) in [6.07, 6.45) is 2.69. The average Bonchev–Trinajstić information content (AvgIpc) is 3.60. The predicted molar refractivity (Wildman–Crippen MR) is 118 cm³/mol. The molecule has 1 unspecified atom stereocenters. The third-order valence-electron chi connectivity index (χ3n) is 6.14. The molecule has 29 heavy (non-hydrogen) atoms. The maximum Gasteiger partial charge on any atom is 0.193 e. The molecule has 0 radical (unpaired) electrons. The number of benzene rings is 1. The highest BCUT2D eigenvalue weighted by atomic mass is 16.5. The molecule has 0 aromatic heterocycles. The van der Waals surface area contributed by atoms with E-state index in [9.17, 15) is 0 Å². The van der Waals surface area contributed by atoms with E-state index >= 15 is 0 Å². The molecular weight excluding hydrogens is 366 g/mol. The van der Waals surface area contributed by atoms with Gasteiger partial charge in [-0.15, -0.1) is 0 Å². The summed E-state index contributed by atoms with van der Waals surface area (Å²) in [4.78, 5) is 11.8. The molecule has 1 aromatic carbocycles. The Morgan fingerprint density at radius 3 is 2.52 bits per heavy atom. The van der Waals surface area contributed by atoms with Gasteiger partial charge >= 0.3 is 0 Å². The van der Waals surface area contributed by atoms with Crippen LogP contribution >= 0.6 is 0 Å². The largest absolute Gasteiger partial charge is 0.497 e. The molecule has 0 amide bonds. The van der Waals surface area contributed by atoms with Gasteiger partial charge in [0.15, 0.2) is 5.96 Å². The van der Waals surface area contributed by atoms with Crippen molar-refractivity contribution in [2.75, 3.05) is 61.0 Å². The molecule has 1 atom stereocenters. The SMILES string of the molecule is CN=C(NCC(C)N(C)C1CC1)N1CCN(Cc2cc(OC)ccc2OC)CC1. The number of nitrogens with zero attached hydrogens (tertiary/aromatic N) is 4. The molecule has 1 saturated carbocycles. The lowest BCUT2D eigenvalue weighted by molar-refractivity contribution is 0.169. The molecule has 1 aromatic rings. The summed E-state index contributed by atoms with van der Waals surface area (Å²) in [5.74, 6) is 2.80. The van der Waals surface area contributed by atoms with Crippen LogP contribution in [-0.4, -0.2) is 93.8 Å². The van der Waals surface area contributed by atoms with Gasteiger partial charge in [-0.2, -0.15) is 0 Å². The molecule has 1 aliphatic heterocycles. The molecular formula is C22H37N5O2. The van der Waals surface area contributed by atoms with E-state index in [1.54, 1.807) is 14.2 Å². The monoisotopic (exact) mass is 403 g/mol. The minimum atomic E-state index is 0.515. The molecule has 162 valence electrons. The van der Waals surface area contributed by atoms with Crippen molar-refractivity contribution in [2.24, 2.45) is 4.99 Å². The van der Waals surface area contributed by atoms with Gasteiger partial charge in [-0.1, -0.05) is 0 Å². The summed E-state index contributed by atoms with van der Waals surface area (Å²) in [5, 5.41) is 3.58. The summed E-state index contributed by atoms with van der Waals surface area (Å²) in [6.45, 7) is 8.03. The number of methoxy groups -OCH3 is 2. The average molecular weight is 404 g/mol. The second kappa shape index (κ2) is 10.2. The van der Waals surface area contributed by atoms with Gasteiger partial charge in [0.05, 0.1) is 14.2 Å². The lowest BCUT2D eigenvalue weighted by atomic mass is 10.1. The molecule has 7 nitrogen and oxygen atoms in total. The first-order valence-corrected chi connectivity index (χ1v) is 10.7. The maximum absolute atomic E-state index is 5.53. The van der Waals surface area contributed by atoms with E-state index in [2.05, 4.69) is 45.0 Å². The van der Waals surface area contributed by atoms with Crippen LogP contribution in [0.2, 0.25) is 0 Å². The number of guanidine groups is 1. The summed E-state index contributed by atoms with van der Waals surface area (Å²) >= 11 is 0. The van der Waals surface area contributed by atoms with Crippen LogP contribution in [0.4, 0.5) is 0 Å². The van der Waals surface area contributed by atoms with Gasteiger partial charge in [0.2, 0.25) is 0 Å². The topological polar surface area (TPSA) is 52.6 Å². The molecule has 0 spiro atoms. The van der Waals surface area contributed by atoms with E-state index in [0.717, 1.165) is 62.8 Å². The second-order valence-corrected chi connectivity index (χ2v) is 8.11. The van der Waals surface area contributed by atoms with Crippen LogP contribution < -0.4 is 14.8 Å². The van der Waals surface area contributed by atoms with Crippen LogP contribution in [0.5, 0.6) is 11.5 Å². The van der Waals surface area contributed by atoms with Crippen molar-refractivity contribution >= 4 is 5.96 Å². The van der Waals surface area contributed by atoms with Gasteiger partial charge in [0.25, 0.3) is 0 Å². The molecule has 1 heterocycles. The fourth-order valence-corrected chi connectivity index (χ4v) is 3.92. The smallest absolute Gasteiger partial charge is 0.193 e. The number of hydrogen-bond acceptors (Lipinski definition) is 5. The predicted octanol–water partition coefficient (Wildman–Crippen LogP) is 1.88. The van der Waals surface area contributed by atoms with Crippen LogP contribution in [0.25, 0.3) is 0 Å². The molecule has 0 bridgehead atoms. The fraction of sp³-hybridized carbons (Fsp3) is 0.682. The Balaban J connectivity index is 1.49. The standard InChI is InChI=1S/C22H37N5O2/c1-17(25(3)19-6-7-19)15-24-22(23-2)27-12-10-26(11-13-27)16-18-14-20(28-4)8-9-21(18)29-5/h8-9,14,17,19H,6-7,10-13,15-16H2,1-5H3,(H,23,24). The lowest BCUT2D eigenvalue weighted by Crippen LogP contribution is -2.53. The Labute approximate surface area is 175 Å². The highest BCUT2D eigenvalue weighted by Crippen LogP contribution is 2.27. The Kier molecular flexibility index (Phi) is 7.61. The summed E-state index contributed by atoms with van der Waals surface area (Å²) < 4.78 is 10.9. The van der Waals surface area contributed by atoms with Gasteiger partial charge in [0.1, 0.15) is 11.5 Å². The number of piperazine rings is 1. The van der Waals surface area contributed by atoms with Crippen LogP contribution in [0.3, 0.4) is 0 Å². The summed E-state index contributed by atoms with van der Waals surface area (Å²) in [6, 6.07) is 7.30. The summed E-state index contributed by atoms with van der Waals surface area (Å²) in [7, 11) is 7.54. The van der Waals surface area contributed by atoms with E-state index in [1.807, 2.05) is 19.2 Å². The Morgan fingerprint density at radius 1 is 1.21 bits per heavy atom. The number of nitrogens with one attached hydrogen (secondary N) is 1. The van der Waals surface area contributed by atoms with Crippen molar-refractivity contribution in [3.8, 4) is 11.5 Å². The molecule has 2 aliphatic rings. The van der Waals surface area contributed by atoms with Gasteiger partial charge in [0, 0.05) is 64.0 Å². The van der Waals surface area contributed by atoms with E-state index in [-0.39, 0.29) is 0 Å². The van der Waals surface area contributed by atoms with Crippen molar-refractivity contribution in [3.05, 3.63) is 23.8 Å². The van der Waals surface area contributed by atoms with E-state index < -0.39 is 0 Å². The Bertz CT molecular complexity index is 684. The minimum absolute atomic E-state index is 0.515. The Hall–Kier alpha value is -1.99. The zero-order valence-corrected chi connectivity index (χ0v) is 18.6. The van der Waals surface area contributed by atoms with E-state index in [0.29, 0.717) is 6.04 Å². The van der Waals surface area contributed by atoms with Crippen molar-refractivity contribution in [1.29, 1.82) is 0 Å². The van der Waals surface area contributed by atoms with Gasteiger partial charge in [-0.3, -0.25) is 14.8 Å². The second-order valence-electron chi connectivity index (χ2n) is 8.11. The third-order valence-corrected chi connectivity index (χ3v) is 6.14. The first kappa shape index (κ1) is 21.7. The molecule has 3 rings (SSSR count). The number of rotatable bonds is 8. The van der Waals surface area contributed by atoms with Gasteiger partial charge in [-0.25, -0.2) is 0 Å². The summed E-state index contributed by atoms with van der Waals surface area (Å²) in [5.41, 5.74) is 1.17. The van der Waals surface area contributed by atoms with Crippen molar-refractivity contribution in [2.45, 2.75) is 38.4 Å². The van der Waals surface area contributed by atoms with Gasteiger partial charge < -0.3 is 19.7 Å². The molecule has 1 aliphatic carbocycles. The van der Waals surface area contributed by atoms with Crippen molar-refractivity contribution in [3.63, 3.8) is 0 Å². The zero-order chi connectivity index (χ0) is 20.8. The first-order valence-electron chi connectivity index (χ1n) is 10.7. The number of likely N-dealkylation sites (N-methyl/N-ethyl adjacent to an activating group) is 1. The van der Waals surface area contributed by atoms with E-state index in [1.165, 1.54) is 18.4 Å². The molecule has 2 fully saturated rings. The quantitative estimate of drug-likeness (QED) is 0.528. The van der Waals surface area contributed by atoms with E-state index in [4.69, 9.17) is 9.47 Å². The number of hydrogen-bond donors (Lipinski definition) is 1. The molecule has 1 saturated heterocycles. The number of aliphatic imine (C=N–C) groups is 1. The third kappa shape index (κ3) is 5.76. The molecule has 7 heteroatoms. The first-order chi connectivity index (χ1) is 14.0. The number of ether oxygens (including phenoxy) is 2. The zero-order valence-electron chi connectivity index (χ0n) is 18.6. The van der Waals surface area contributed by atoms with Gasteiger partial charge in [-0.05, 0) is 45.0 Å². The van der Waals surface area contributed by atoms with Crippen molar-refractivity contribution in [1.82, 2.24) is 20.0 Å². The normalized spacial score (nSPS) is 19.4. The molecule has 1 N–H and O–H groups in total. The maximum atomic E-state index is 5.53. The fourth-order valence-electron chi connectivity index (χ4n) is 3.92. The highest BCUT2D eigenvalue weighted by molar-refractivity contribution is 5.80. The Morgan fingerprint density at radius 2 is 1.93 bits per heavy atom. The minimum Gasteiger partial charge on any atom is -0.497 e. The van der Waals surface area contributed by atoms with Crippen LogP contribution in [0, 0.1) is 0 Å². The highest BCUT2D eigenvalue weighted by Gasteiger charge is 2.29. The van der Waals surface area contributed by atoms with Crippen LogP contribution in [0.1, 0.15) is 25.3 Å². The van der Waals surface area contributed by atoms with Crippen LogP contribution in [-0.2, 0) is 6.54 Å². The van der Waals surface area contributed by atoms with Crippen LogP contribution in [0.15, 0.2) is 23.2 Å².